The number of hydrogen-bond donors (Lipinski definition) is 1. The first-order valence-electron chi connectivity index (χ1n) is 5.94. The maximum atomic E-state index is 12.9. The van der Waals surface area contributed by atoms with E-state index in [4.69, 9.17) is 5.73 Å². The summed E-state index contributed by atoms with van der Waals surface area (Å²) in [6.45, 7) is 1.11. The van der Waals surface area contributed by atoms with Gasteiger partial charge in [0.25, 0.3) is 6.43 Å². The van der Waals surface area contributed by atoms with Crippen LogP contribution in [-0.4, -0.2) is 17.6 Å². The summed E-state index contributed by atoms with van der Waals surface area (Å²) in [4.78, 5) is 14.3. The van der Waals surface area contributed by atoms with E-state index in [9.17, 15) is 26.7 Å². The van der Waals surface area contributed by atoms with E-state index >= 15 is 0 Å². The van der Waals surface area contributed by atoms with Crippen molar-refractivity contribution in [2.75, 3.05) is 6.61 Å². The normalized spacial score (nSPS) is 11.8. The number of nitrogens with zero attached hydrogens (tertiary/aromatic N) is 1. The van der Waals surface area contributed by atoms with Gasteiger partial charge < -0.3 is 10.5 Å². The van der Waals surface area contributed by atoms with Crippen molar-refractivity contribution in [3.63, 3.8) is 0 Å². The number of carbonyl (C=O) groups is 1. The van der Waals surface area contributed by atoms with Crippen LogP contribution in [0.15, 0.2) is 6.07 Å². The van der Waals surface area contributed by atoms with Gasteiger partial charge in [0, 0.05) is 6.54 Å². The number of halogens is 5. The van der Waals surface area contributed by atoms with Crippen LogP contribution in [0.25, 0.3) is 0 Å². The third-order valence-corrected chi connectivity index (χ3v) is 2.59. The Bertz CT molecular complexity index is 517. The van der Waals surface area contributed by atoms with E-state index in [1.54, 1.807) is 0 Å². The van der Waals surface area contributed by atoms with Crippen LogP contribution in [0.4, 0.5) is 22.0 Å². The van der Waals surface area contributed by atoms with Crippen molar-refractivity contribution in [3.05, 3.63) is 28.6 Å². The first-order valence-corrected chi connectivity index (χ1v) is 5.94. The summed E-state index contributed by atoms with van der Waals surface area (Å²) in [6.07, 6.45) is -8.75. The molecule has 0 atom stereocenters. The Kier molecular flexibility index (Phi) is 5.59. The van der Waals surface area contributed by atoms with Crippen molar-refractivity contribution in [1.29, 1.82) is 0 Å². The van der Waals surface area contributed by atoms with E-state index in [1.165, 1.54) is 6.92 Å². The molecule has 0 aliphatic rings. The highest BCUT2D eigenvalue weighted by Crippen LogP contribution is 2.33. The van der Waals surface area contributed by atoms with Gasteiger partial charge in [-0.1, -0.05) is 0 Å². The van der Waals surface area contributed by atoms with Crippen molar-refractivity contribution in [1.82, 2.24) is 4.98 Å². The fourth-order valence-electron chi connectivity index (χ4n) is 1.71. The van der Waals surface area contributed by atoms with Gasteiger partial charge in [-0.05, 0) is 24.1 Å². The zero-order valence-electron chi connectivity index (χ0n) is 11.0. The van der Waals surface area contributed by atoms with Gasteiger partial charge >= 0.3 is 12.1 Å². The monoisotopic (exact) mass is 312 g/mol. The molecule has 1 rings (SSSR count). The molecule has 0 saturated carbocycles. The zero-order valence-corrected chi connectivity index (χ0v) is 11.0. The molecule has 1 aromatic heterocycles. The van der Waals surface area contributed by atoms with Crippen LogP contribution in [0.2, 0.25) is 0 Å². The predicted molar refractivity (Wildman–Crippen MR) is 62.4 cm³/mol. The average Bonchev–Trinajstić information content (AvgIpc) is 2.37. The van der Waals surface area contributed by atoms with Crippen LogP contribution in [0.3, 0.4) is 0 Å². The Morgan fingerprint density at radius 2 is 2.05 bits per heavy atom. The second-order valence-electron chi connectivity index (χ2n) is 4.01. The third kappa shape index (κ3) is 4.35. The summed E-state index contributed by atoms with van der Waals surface area (Å²) in [5, 5.41) is 0. The molecular formula is C12H13F5N2O2. The Hall–Kier alpha value is -1.77. The second kappa shape index (κ2) is 6.79. The number of pyridine rings is 1. The van der Waals surface area contributed by atoms with Crippen LogP contribution in [0.1, 0.15) is 35.9 Å². The van der Waals surface area contributed by atoms with Crippen molar-refractivity contribution < 1.29 is 31.5 Å². The predicted octanol–water partition coefficient (Wildman–Crippen LogP) is 2.60. The zero-order chi connectivity index (χ0) is 16.2. The molecule has 0 amide bonds. The number of alkyl halides is 5. The maximum Gasteiger partial charge on any atom is 0.433 e. The molecule has 0 fully saturated rings. The van der Waals surface area contributed by atoms with E-state index in [-0.39, 0.29) is 17.7 Å². The molecule has 4 nitrogen and oxygen atoms in total. The van der Waals surface area contributed by atoms with Crippen LogP contribution >= 0.6 is 0 Å². The Morgan fingerprint density at radius 3 is 2.48 bits per heavy atom. The molecule has 0 aliphatic heterocycles. The fourth-order valence-corrected chi connectivity index (χ4v) is 1.71. The maximum absolute atomic E-state index is 12.9. The summed E-state index contributed by atoms with van der Waals surface area (Å²) >= 11 is 0. The topological polar surface area (TPSA) is 65.2 Å². The number of aromatic nitrogens is 1. The molecule has 0 saturated heterocycles. The Labute approximate surface area is 117 Å². The number of hydrogen-bond acceptors (Lipinski definition) is 4. The number of ether oxygens (including phenoxy) is 1. The lowest BCUT2D eigenvalue weighted by Gasteiger charge is -2.16. The molecule has 0 aromatic carbocycles. The first-order chi connectivity index (χ1) is 9.70. The summed E-state index contributed by atoms with van der Waals surface area (Å²) in [7, 11) is 0. The van der Waals surface area contributed by atoms with E-state index in [1.807, 2.05) is 0 Å². The standard InChI is InChI=1S/C12H13F5N2O2/c1-2-21-9(20)4-7-6(5-18)3-8(12(15,16)17)19-10(7)11(13)14/h3,11H,2,4-5,18H2,1H3. The minimum Gasteiger partial charge on any atom is -0.466 e. The largest absolute Gasteiger partial charge is 0.466 e. The van der Waals surface area contributed by atoms with Gasteiger partial charge in [0.1, 0.15) is 11.4 Å². The lowest BCUT2D eigenvalue weighted by molar-refractivity contribution is -0.142. The molecule has 0 unspecified atom stereocenters. The van der Waals surface area contributed by atoms with Crippen molar-refractivity contribution in [2.45, 2.75) is 32.5 Å². The number of carbonyl (C=O) groups excluding carboxylic acids is 1. The Morgan fingerprint density at radius 1 is 1.43 bits per heavy atom. The molecule has 1 heterocycles. The summed E-state index contributed by atoms with van der Waals surface area (Å²) in [6, 6.07) is 0.570. The smallest absolute Gasteiger partial charge is 0.433 e. The fraction of sp³-hybridized carbons (Fsp3) is 0.500. The quantitative estimate of drug-likeness (QED) is 0.670. The molecule has 118 valence electrons. The highest BCUT2D eigenvalue weighted by molar-refractivity contribution is 5.73. The molecule has 0 spiro atoms. The highest BCUT2D eigenvalue weighted by atomic mass is 19.4. The van der Waals surface area contributed by atoms with Crippen molar-refractivity contribution >= 4 is 5.97 Å². The lowest BCUT2D eigenvalue weighted by Crippen LogP contribution is -2.18. The van der Waals surface area contributed by atoms with Gasteiger partial charge in [0.15, 0.2) is 0 Å². The first kappa shape index (κ1) is 17.3. The van der Waals surface area contributed by atoms with Gasteiger partial charge in [-0.3, -0.25) is 4.79 Å². The highest BCUT2D eigenvalue weighted by Gasteiger charge is 2.35. The van der Waals surface area contributed by atoms with E-state index < -0.39 is 42.9 Å². The van der Waals surface area contributed by atoms with Crippen LogP contribution in [0, 0.1) is 0 Å². The minimum atomic E-state index is -4.88. The number of rotatable bonds is 5. The van der Waals surface area contributed by atoms with E-state index in [2.05, 4.69) is 9.72 Å². The van der Waals surface area contributed by atoms with Crippen LogP contribution in [0.5, 0.6) is 0 Å². The molecule has 1 aromatic rings. The summed E-state index contributed by atoms with van der Waals surface area (Å²) < 4.78 is 68.3. The second-order valence-corrected chi connectivity index (χ2v) is 4.01. The number of esters is 1. The van der Waals surface area contributed by atoms with Crippen molar-refractivity contribution in [3.8, 4) is 0 Å². The molecule has 2 N–H and O–H groups in total. The van der Waals surface area contributed by atoms with E-state index in [0.717, 1.165) is 0 Å². The molecule has 0 aliphatic carbocycles. The third-order valence-electron chi connectivity index (χ3n) is 2.59. The molecular weight excluding hydrogens is 299 g/mol. The van der Waals surface area contributed by atoms with Gasteiger partial charge in [-0.25, -0.2) is 13.8 Å². The SMILES string of the molecule is CCOC(=O)Cc1c(CN)cc(C(F)(F)F)nc1C(F)F. The Balaban J connectivity index is 3.36. The van der Waals surface area contributed by atoms with Crippen molar-refractivity contribution in [2.24, 2.45) is 5.73 Å². The molecule has 0 bridgehead atoms. The average molecular weight is 312 g/mol. The minimum absolute atomic E-state index is 0.0227. The molecule has 9 heteroatoms. The molecule has 0 radical (unpaired) electrons. The van der Waals surface area contributed by atoms with Crippen LogP contribution < -0.4 is 5.73 Å². The van der Waals surface area contributed by atoms with Gasteiger partial charge in [-0.2, -0.15) is 13.2 Å². The lowest BCUT2D eigenvalue weighted by atomic mass is 10.0. The van der Waals surface area contributed by atoms with Gasteiger partial charge in [0.2, 0.25) is 0 Å². The van der Waals surface area contributed by atoms with Gasteiger partial charge in [-0.15, -0.1) is 0 Å². The van der Waals surface area contributed by atoms with Gasteiger partial charge in [0.05, 0.1) is 13.0 Å². The molecule has 21 heavy (non-hydrogen) atoms. The van der Waals surface area contributed by atoms with E-state index in [0.29, 0.717) is 6.07 Å². The van der Waals surface area contributed by atoms with Crippen LogP contribution in [-0.2, 0) is 28.7 Å². The summed E-state index contributed by atoms with van der Waals surface area (Å²) in [5.41, 5.74) is 2.20. The summed E-state index contributed by atoms with van der Waals surface area (Å²) in [5.74, 6) is -0.837. The number of nitrogens with two attached hydrogens (primary N) is 1.